The van der Waals surface area contributed by atoms with Crippen LogP contribution in [0.5, 0.6) is 5.75 Å². The fourth-order valence-corrected chi connectivity index (χ4v) is 3.44. The van der Waals surface area contributed by atoms with Crippen molar-refractivity contribution in [3.05, 3.63) is 96.3 Å². The quantitative estimate of drug-likeness (QED) is 0.356. The van der Waals surface area contributed by atoms with Gasteiger partial charge in [0.05, 0.1) is 12.8 Å². The van der Waals surface area contributed by atoms with Gasteiger partial charge in [0.25, 0.3) is 5.91 Å². The second-order valence-electron chi connectivity index (χ2n) is 7.92. The first-order valence-corrected chi connectivity index (χ1v) is 10.8. The van der Waals surface area contributed by atoms with E-state index in [1.165, 1.54) is 11.9 Å². The minimum absolute atomic E-state index is 0.153. The molecule has 0 aliphatic carbocycles. The number of methoxy groups -OCH3 is 1. The molecule has 0 aliphatic heterocycles. The van der Waals surface area contributed by atoms with E-state index in [9.17, 15) is 4.79 Å². The van der Waals surface area contributed by atoms with Crippen LogP contribution in [0, 0.1) is 0 Å². The molecule has 0 saturated carbocycles. The average Bonchev–Trinajstić information content (AvgIpc) is 2.85. The monoisotopic (exact) mass is 438 g/mol. The SMILES string of the molecule is COc1ccccc1-c1cc(Nc2ccc(C(=O)Nc3ccc(C(C)C)cc3)cc2)ncn1. The molecule has 0 fully saturated rings. The summed E-state index contributed by atoms with van der Waals surface area (Å²) in [6, 6.07) is 24.8. The van der Waals surface area contributed by atoms with E-state index in [2.05, 4.69) is 34.4 Å². The molecule has 0 atom stereocenters. The Balaban J connectivity index is 1.44. The number of carbonyl (C=O) groups excluding carboxylic acids is 1. The number of anilines is 3. The van der Waals surface area contributed by atoms with Gasteiger partial charge in [-0.15, -0.1) is 0 Å². The Morgan fingerprint density at radius 1 is 0.879 bits per heavy atom. The Morgan fingerprint density at radius 3 is 2.27 bits per heavy atom. The number of rotatable bonds is 7. The van der Waals surface area contributed by atoms with Gasteiger partial charge in [0.1, 0.15) is 17.9 Å². The molecule has 6 heteroatoms. The van der Waals surface area contributed by atoms with Crippen molar-refractivity contribution in [1.29, 1.82) is 0 Å². The zero-order chi connectivity index (χ0) is 23.2. The van der Waals surface area contributed by atoms with Crippen molar-refractivity contribution in [3.63, 3.8) is 0 Å². The van der Waals surface area contributed by atoms with Crippen LogP contribution in [-0.4, -0.2) is 23.0 Å². The minimum atomic E-state index is -0.153. The summed E-state index contributed by atoms with van der Waals surface area (Å²) in [5.74, 6) is 1.69. The molecule has 33 heavy (non-hydrogen) atoms. The van der Waals surface area contributed by atoms with Crippen molar-refractivity contribution < 1.29 is 9.53 Å². The number of ether oxygens (including phenoxy) is 1. The average molecular weight is 439 g/mol. The second kappa shape index (κ2) is 9.96. The lowest BCUT2D eigenvalue weighted by Gasteiger charge is -2.11. The smallest absolute Gasteiger partial charge is 0.255 e. The molecule has 0 bridgehead atoms. The van der Waals surface area contributed by atoms with Gasteiger partial charge in [-0.3, -0.25) is 4.79 Å². The minimum Gasteiger partial charge on any atom is -0.496 e. The van der Waals surface area contributed by atoms with Crippen LogP contribution >= 0.6 is 0 Å². The summed E-state index contributed by atoms with van der Waals surface area (Å²) in [5, 5.41) is 6.20. The molecule has 0 radical (unpaired) electrons. The van der Waals surface area contributed by atoms with Gasteiger partial charge in [-0.2, -0.15) is 0 Å². The van der Waals surface area contributed by atoms with Crippen LogP contribution in [-0.2, 0) is 0 Å². The third-order valence-corrected chi connectivity index (χ3v) is 5.30. The highest BCUT2D eigenvalue weighted by molar-refractivity contribution is 6.04. The highest BCUT2D eigenvalue weighted by Gasteiger charge is 2.09. The topological polar surface area (TPSA) is 76.1 Å². The standard InChI is InChI=1S/C27H26N4O2/c1-18(2)19-8-12-22(13-9-19)31-27(32)20-10-14-21(15-11-20)30-26-16-24(28-17-29-26)23-6-4-5-7-25(23)33-3/h4-18H,1-3H3,(H,31,32)(H,28,29,30). The molecule has 0 spiro atoms. The molecule has 1 heterocycles. The van der Waals surface area contributed by atoms with E-state index in [0.717, 1.165) is 28.4 Å². The number of nitrogens with one attached hydrogen (secondary N) is 2. The van der Waals surface area contributed by atoms with Crippen molar-refractivity contribution in [2.24, 2.45) is 0 Å². The van der Waals surface area contributed by atoms with Gasteiger partial charge in [0.15, 0.2) is 0 Å². The highest BCUT2D eigenvalue weighted by Crippen LogP contribution is 2.29. The summed E-state index contributed by atoms with van der Waals surface area (Å²) in [5.41, 5.74) is 5.05. The summed E-state index contributed by atoms with van der Waals surface area (Å²) < 4.78 is 5.43. The maximum Gasteiger partial charge on any atom is 0.255 e. The number of hydrogen-bond donors (Lipinski definition) is 2. The molecule has 2 N–H and O–H groups in total. The van der Waals surface area contributed by atoms with Gasteiger partial charge in [-0.25, -0.2) is 9.97 Å². The van der Waals surface area contributed by atoms with E-state index < -0.39 is 0 Å². The molecule has 0 saturated heterocycles. The first kappa shape index (κ1) is 22.0. The van der Waals surface area contributed by atoms with Gasteiger partial charge in [-0.05, 0) is 60.0 Å². The maximum absolute atomic E-state index is 12.6. The number of aromatic nitrogens is 2. The summed E-state index contributed by atoms with van der Waals surface area (Å²) in [4.78, 5) is 21.3. The molecule has 0 aliphatic rings. The van der Waals surface area contributed by atoms with Gasteiger partial charge >= 0.3 is 0 Å². The lowest BCUT2D eigenvalue weighted by Crippen LogP contribution is -2.11. The van der Waals surface area contributed by atoms with Crippen LogP contribution in [0.4, 0.5) is 17.2 Å². The molecule has 4 aromatic rings. The van der Waals surface area contributed by atoms with Crippen LogP contribution in [0.2, 0.25) is 0 Å². The van der Waals surface area contributed by atoms with Gasteiger partial charge in [-0.1, -0.05) is 38.1 Å². The number of carbonyl (C=O) groups is 1. The summed E-state index contributed by atoms with van der Waals surface area (Å²) in [6.45, 7) is 4.29. The Hall–Kier alpha value is -4.19. The zero-order valence-corrected chi connectivity index (χ0v) is 18.9. The number of hydrogen-bond acceptors (Lipinski definition) is 5. The molecule has 0 unspecified atom stereocenters. The molecule has 3 aromatic carbocycles. The predicted octanol–water partition coefficient (Wildman–Crippen LogP) is 6.27. The van der Waals surface area contributed by atoms with Crippen LogP contribution < -0.4 is 15.4 Å². The molecule has 6 nitrogen and oxygen atoms in total. The van der Waals surface area contributed by atoms with Crippen molar-refractivity contribution >= 4 is 23.1 Å². The maximum atomic E-state index is 12.6. The molecule has 1 aromatic heterocycles. The van der Waals surface area contributed by atoms with E-state index in [1.807, 2.05) is 66.7 Å². The third-order valence-electron chi connectivity index (χ3n) is 5.30. The number of para-hydroxylation sites is 1. The fraction of sp³-hybridized carbons (Fsp3) is 0.148. The van der Waals surface area contributed by atoms with Gasteiger partial charge in [0.2, 0.25) is 0 Å². The van der Waals surface area contributed by atoms with Crippen molar-refractivity contribution in [2.75, 3.05) is 17.7 Å². The van der Waals surface area contributed by atoms with Crippen LogP contribution in [0.1, 0.15) is 35.7 Å². The lowest BCUT2D eigenvalue weighted by atomic mass is 10.0. The summed E-state index contributed by atoms with van der Waals surface area (Å²) >= 11 is 0. The van der Waals surface area contributed by atoms with E-state index in [4.69, 9.17) is 4.74 Å². The summed E-state index contributed by atoms with van der Waals surface area (Å²) in [7, 11) is 1.64. The molecule has 4 rings (SSSR count). The van der Waals surface area contributed by atoms with Gasteiger partial charge in [0, 0.05) is 28.6 Å². The highest BCUT2D eigenvalue weighted by atomic mass is 16.5. The van der Waals surface area contributed by atoms with E-state index in [-0.39, 0.29) is 5.91 Å². The normalized spacial score (nSPS) is 10.7. The van der Waals surface area contributed by atoms with Gasteiger partial charge < -0.3 is 15.4 Å². The molecule has 1 amide bonds. The Morgan fingerprint density at radius 2 is 1.58 bits per heavy atom. The van der Waals surface area contributed by atoms with Crippen LogP contribution in [0.3, 0.4) is 0 Å². The first-order chi connectivity index (χ1) is 16.0. The largest absolute Gasteiger partial charge is 0.496 e. The van der Waals surface area contributed by atoms with Crippen molar-refractivity contribution in [1.82, 2.24) is 9.97 Å². The Labute approximate surface area is 193 Å². The van der Waals surface area contributed by atoms with E-state index >= 15 is 0 Å². The van der Waals surface area contributed by atoms with Crippen molar-refractivity contribution in [2.45, 2.75) is 19.8 Å². The number of benzene rings is 3. The zero-order valence-electron chi connectivity index (χ0n) is 18.9. The number of nitrogens with zero attached hydrogens (tertiary/aromatic N) is 2. The Kier molecular flexibility index (Phi) is 6.64. The predicted molar refractivity (Wildman–Crippen MR) is 132 cm³/mol. The Bertz CT molecular complexity index is 1240. The molecular weight excluding hydrogens is 412 g/mol. The van der Waals surface area contributed by atoms with E-state index in [1.54, 1.807) is 19.2 Å². The first-order valence-electron chi connectivity index (χ1n) is 10.8. The van der Waals surface area contributed by atoms with E-state index in [0.29, 0.717) is 17.3 Å². The summed E-state index contributed by atoms with van der Waals surface area (Å²) in [6.07, 6.45) is 1.51. The van der Waals surface area contributed by atoms with Crippen LogP contribution in [0.15, 0.2) is 85.2 Å². The molecular formula is C27H26N4O2. The molecule has 166 valence electrons. The second-order valence-corrected chi connectivity index (χ2v) is 7.92. The fourth-order valence-electron chi connectivity index (χ4n) is 3.44. The lowest BCUT2D eigenvalue weighted by molar-refractivity contribution is 0.102. The third kappa shape index (κ3) is 5.36. The van der Waals surface area contributed by atoms with Crippen LogP contribution in [0.25, 0.3) is 11.3 Å². The number of amides is 1. The van der Waals surface area contributed by atoms with Crippen molar-refractivity contribution in [3.8, 4) is 17.0 Å².